The third kappa shape index (κ3) is 5.08. The molecule has 1 aliphatic rings. The zero-order valence-electron chi connectivity index (χ0n) is 14.9. The summed E-state index contributed by atoms with van der Waals surface area (Å²) < 4.78 is 10.4. The Kier molecular flexibility index (Phi) is 7.20. The highest BCUT2D eigenvalue weighted by atomic mass is 16.5. The molecular weight excluding hydrogens is 336 g/mol. The number of benzene rings is 1. The maximum absolute atomic E-state index is 12.8. The number of nitrogens with zero attached hydrogens (tertiary/aromatic N) is 1. The minimum atomic E-state index is -0.864. The summed E-state index contributed by atoms with van der Waals surface area (Å²) in [5.41, 5.74) is 0.428. The lowest BCUT2D eigenvalue weighted by molar-refractivity contribution is -0.147. The van der Waals surface area contributed by atoms with Crippen LogP contribution in [-0.4, -0.2) is 55.0 Å². The van der Waals surface area contributed by atoms with Gasteiger partial charge in [-0.1, -0.05) is 19.6 Å². The molecule has 0 spiro atoms. The quantitative estimate of drug-likeness (QED) is 0.561. The number of carbonyl (C=O) groups is 3. The second kappa shape index (κ2) is 9.60. The van der Waals surface area contributed by atoms with Crippen LogP contribution in [0.25, 0.3) is 0 Å². The highest BCUT2D eigenvalue weighted by Crippen LogP contribution is 2.18. The average Bonchev–Trinajstić information content (AvgIpc) is 2.66. The second-order valence-electron chi connectivity index (χ2n) is 5.85. The van der Waals surface area contributed by atoms with Crippen LogP contribution >= 0.6 is 0 Å². The lowest BCUT2D eigenvalue weighted by Crippen LogP contribution is -2.57. The summed E-state index contributed by atoms with van der Waals surface area (Å²) in [7, 11) is 0. The van der Waals surface area contributed by atoms with Gasteiger partial charge in [0, 0.05) is 18.7 Å². The van der Waals surface area contributed by atoms with Crippen LogP contribution in [0.1, 0.15) is 30.1 Å². The molecule has 0 aliphatic carbocycles. The van der Waals surface area contributed by atoms with Crippen molar-refractivity contribution in [3.05, 3.63) is 42.5 Å². The van der Waals surface area contributed by atoms with Crippen molar-refractivity contribution in [1.29, 1.82) is 0 Å². The minimum absolute atomic E-state index is 0.155. The van der Waals surface area contributed by atoms with Crippen LogP contribution in [0.3, 0.4) is 0 Å². The van der Waals surface area contributed by atoms with E-state index in [0.717, 1.165) is 0 Å². The Bertz CT molecular complexity index is 656. The predicted octanol–water partition coefficient (Wildman–Crippen LogP) is 1.54. The van der Waals surface area contributed by atoms with Crippen LogP contribution < -0.4 is 10.1 Å². The molecule has 1 heterocycles. The SMILES string of the molecule is C=CCOc1ccc(C(=O)N2CCNC(=O)C2CC(=O)OCCC)cc1. The molecule has 1 saturated heterocycles. The maximum Gasteiger partial charge on any atom is 0.308 e. The number of hydrogen-bond acceptors (Lipinski definition) is 5. The monoisotopic (exact) mass is 360 g/mol. The molecule has 26 heavy (non-hydrogen) atoms. The van der Waals surface area contributed by atoms with Gasteiger partial charge in [0.05, 0.1) is 13.0 Å². The number of hydrogen-bond donors (Lipinski definition) is 1. The van der Waals surface area contributed by atoms with Crippen molar-refractivity contribution in [3.8, 4) is 5.75 Å². The Morgan fingerprint density at radius 1 is 1.35 bits per heavy atom. The first-order chi connectivity index (χ1) is 12.6. The van der Waals surface area contributed by atoms with Gasteiger partial charge in [0.25, 0.3) is 5.91 Å². The van der Waals surface area contributed by atoms with Crippen LogP contribution in [0.2, 0.25) is 0 Å². The van der Waals surface area contributed by atoms with E-state index in [9.17, 15) is 14.4 Å². The van der Waals surface area contributed by atoms with E-state index in [0.29, 0.717) is 44.0 Å². The van der Waals surface area contributed by atoms with E-state index < -0.39 is 12.0 Å². The molecule has 0 saturated carbocycles. The van der Waals surface area contributed by atoms with Gasteiger partial charge in [-0.25, -0.2) is 0 Å². The third-order valence-corrected chi connectivity index (χ3v) is 3.89. The first-order valence-corrected chi connectivity index (χ1v) is 8.65. The summed E-state index contributed by atoms with van der Waals surface area (Å²) in [6.07, 6.45) is 2.18. The molecule has 1 aromatic carbocycles. The molecule has 1 unspecified atom stereocenters. The van der Waals surface area contributed by atoms with E-state index in [1.807, 2.05) is 6.92 Å². The van der Waals surface area contributed by atoms with Crippen molar-refractivity contribution in [2.45, 2.75) is 25.8 Å². The highest BCUT2D eigenvalue weighted by Gasteiger charge is 2.35. The van der Waals surface area contributed by atoms with Gasteiger partial charge in [0.15, 0.2) is 0 Å². The molecule has 1 aliphatic heterocycles. The summed E-state index contributed by atoms with van der Waals surface area (Å²) in [4.78, 5) is 38.3. The fraction of sp³-hybridized carbons (Fsp3) is 0.421. The Hall–Kier alpha value is -2.83. The molecule has 0 aromatic heterocycles. The topological polar surface area (TPSA) is 84.9 Å². The molecule has 2 rings (SSSR count). The molecule has 7 heteroatoms. The fourth-order valence-corrected chi connectivity index (χ4v) is 2.61. The van der Waals surface area contributed by atoms with Gasteiger partial charge in [0.2, 0.25) is 5.91 Å². The molecule has 140 valence electrons. The van der Waals surface area contributed by atoms with E-state index in [1.54, 1.807) is 30.3 Å². The van der Waals surface area contributed by atoms with Crippen LogP contribution in [0.15, 0.2) is 36.9 Å². The van der Waals surface area contributed by atoms with Crippen molar-refractivity contribution in [2.75, 3.05) is 26.3 Å². The van der Waals surface area contributed by atoms with Crippen molar-refractivity contribution in [2.24, 2.45) is 0 Å². The van der Waals surface area contributed by atoms with E-state index >= 15 is 0 Å². The molecular formula is C19H24N2O5. The second-order valence-corrected chi connectivity index (χ2v) is 5.85. The average molecular weight is 360 g/mol. The van der Waals surface area contributed by atoms with Crippen molar-refractivity contribution < 1.29 is 23.9 Å². The fourth-order valence-electron chi connectivity index (χ4n) is 2.61. The van der Waals surface area contributed by atoms with Crippen molar-refractivity contribution >= 4 is 17.8 Å². The maximum atomic E-state index is 12.8. The van der Waals surface area contributed by atoms with Crippen LogP contribution in [-0.2, 0) is 14.3 Å². The smallest absolute Gasteiger partial charge is 0.308 e. The van der Waals surface area contributed by atoms with Gasteiger partial charge in [-0.15, -0.1) is 0 Å². The zero-order chi connectivity index (χ0) is 18.9. The molecule has 1 aromatic rings. The van der Waals surface area contributed by atoms with Gasteiger partial charge in [0.1, 0.15) is 18.4 Å². The van der Waals surface area contributed by atoms with Gasteiger partial charge in [-0.2, -0.15) is 0 Å². The largest absolute Gasteiger partial charge is 0.490 e. The number of nitrogens with one attached hydrogen (secondary N) is 1. The normalized spacial score (nSPS) is 16.6. The number of piperazine rings is 1. The standard InChI is InChI=1S/C19H24N2O5/c1-3-11-25-15-7-5-14(6-8-15)19(24)21-10-9-20-18(23)16(21)13-17(22)26-12-4-2/h3,5-8,16H,1,4,9-13H2,2H3,(H,20,23). The van der Waals surface area contributed by atoms with Crippen LogP contribution in [0.5, 0.6) is 5.75 Å². The minimum Gasteiger partial charge on any atom is -0.490 e. The van der Waals surface area contributed by atoms with Crippen molar-refractivity contribution in [3.63, 3.8) is 0 Å². The number of amides is 2. The van der Waals surface area contributed by atoms with Gasteiger partial charge in [-0.05, 0) is 30.7 Å². The van der Waals surface area contributed by atoms with Gasteiger partial charge < -0.3 is 19.7 Å². The first kappa shape index (κ1) is 19.5. The lowest BCUT2D eigenvalue weighted by Gasteiger charge is -2.34. The molecule has 1 atom stereocenters. The number of carbonyl (C=O) groups excluding carboxylic acids is 3. The van der Waals surface area contributed by atoms with Gasteiger partial charge in [-0.3, -0.25) is 14.4 Å². The molecule has 1 N–H and O–H groups in total. The summed E-state index contributed by atoms with van der Waals surface area (Å²) in [6, 6.07) is 5.79. The molecule has 0 bridgehead atoms. The van der Waals surface area contributed by atoms with E-state index in [1.165, 1.54) is 4.90 Å². The Morgan fingerprint density at radius 2 is 2.08 bits per heavy atom. The predicted molar refractivity (Wildman–Crippen MR) is 95.8 cm³/mol. The zero-order valence-corrected chi connectivity index (χ0v) is 14.9. The molecule has 0 radical (unpaired) electrons. The van der Waals surface area contributed by atoms with Crippen molar-refractivity contribution in [1.82, 2.24) is 10.2 Å². The van der Waals surface area contributed by atoms with E-state index in [2.05, 4.69) is 11.9 Å². The van der Waals surface area contributed by atoms with E-state index in [4.69, 9.17) is 9.47 Å². The summed E-state index contributed by atoms with van der Waals surface area (Å²) in [5.74, 6) is -0.509. The summed E-state index contributed by atoms with van der Waals surface area (Å²) in [6.45, 7) is 6.83. The van der Waals surface area contributed by atoms with Gasteiger partial charge >= 0.3 is 5.97 Å². The van der Waals surface area contributed by atoms with Crippen LogP contribution in [0.4, 0.5) is 0 Å². The Morgan fingerprint density at radius 3 is 2.73 bits per heavy atom. The lowest BCUT2D eigenvalue weighted by atomic mass is 10.1. The number of ether oxygens (including phenoxy) is 2. The molecule has 7 nitrogen and oxygen atoms in total. The molecule has 2 amide bonds. The highest BCUT2D eigenvalue weighted by molar-refractivity contribution is 5.99. The summed E-state index contributed by atoms with van der Waals surface area (Å²) >= 11 is 0. The van der Waals surface area contributed by atoms with E-state index in [-0.39, 0.29) is 18.2 Å². The summed E-state index contributed by atoms with van der Waals surface area (Å²) in [5, 5.41) is 2.69. The Balaban J connectivity index is 2.09. The Labute approximate surface area is 153 Å². The van der Waals surface area contributed by atoms with Crippen LogP contribution in [0, 0.1) is 0 Å². The first-order valence-electron chi connectivity index (χ1n) is 8.65. The number of rotatable bonds is 8. The molecule has 1 fully saturated rings. The third-order valence-electron chi connectivity index (χ3n) is 3.89. The number of esters is 1.